The van der Waals surface area contributed by atoms with Gasteiger partial charge < -0.3 is 9.72 Å². The molecule has 1 N–H and O–H groups in total. The Morgan fingerprint density at radius 1 is 1.25 bits per heavy atom. The number of hydrogen-bond acceptors (Lipinski definition) is 2. The van der Waals surface area contributed by atoms with E-state index in [0.29, 0.717) is 12.5 Å². The van der Waals surface area contributed by atoms with Crippen LogP contribution in [0.3, 0.4) is 0 Å². The van der Waals surface area contributed by atoms with Gasteiger partial charge in [-0.3, -0.25) is 4.79 Å². The molecule has 1 aliphatic carbocycles. The fourth-order valence-corrected chi connectivity index (χ4v) is 3.01. The van der Waals surface area contributed by atoms with Gasteiger partial charge in [-0.05, 0) is 43.4 Å². The summed E-state index contributed by atoms with van der Waals surface area (Å²) in [4.78, 5) is 15.7. The van der Waals surface area contributed by atoms with Crippen LogP contribution in [0.2, 0.25) is 0 Å². The molecule has 1 aliphatic rings. The maximum Gasteiger partial charge on any atom is 0.189 e. The zero-order valence-corrected chi connectivity index (χ0v) is 11.9. The van der Waals surface area contributed by atoms with Crippen LogP contribution in [-0.4, -0.2) is 11.6 Å². The Bertz CT molecular complexity index is 654. The molecule has 0 amide bonds. The number of benzene rings is 1. The van der Waals surface area contributed by atoms with Crippen molar-refractivity contribution in [3.05, 3.63) is 40.2 Å². The summed E-state index contributed by atoms with van der Waals surface area (Å²) in [6.07, 6.45) is 5.90. The standard InChI is InChI=1S/C17H21NO2/c1-2-9-20-13-7-8-15-14(10-13)17(19)11-16(18-15)12-5-3-4-6-12/h7-8,10-12H,2-6,9H2,1H3,(H,18,19). The van der Waals surface area contributed by atoms with Gasteiger partial charge in [0.1, 0.15) is 5.75 Å². The van der Waals surface area contributed by atoms with Crippen molar-refractivity contribution in [2.24, 2.45) is 0 Å². The van der Waals surface area contributed by atoms with Crippen LogP contribution in [0.1, 0.15) is 50.6 Å². The van der Waals surface area contributed by atoms with Crippen molar-refractivity contribution in [1.82, 2.24) is 4.98 Å². The first-order valence-electron chi connectivity index (χ1n) is 7.57. The maximum atomic E-state index is 12.3. The van der Waals surface area contributed by atoms with E-state index >= 15 is 0 Å². The minimum absolute atomic E-state index is 0.0996. The molecule has 3 heteroatoms. The third-order valence-corrected chi connectivity index (χ3v) is 4.09. The van der Waals surface area contributed by atoms with Gasteiger partial charge in [0.15, 0.2) is 5.43 Å². The molecule has 3 nitrogen and oxygen atoms in total. The molecule has 20 heavy (non-hydrogen) atoms. The first-order valence-corrected chi connectivity index (χ1v) is 7.57. The van der Waals surface area contributed by atoms with E-state index in [1.807, 2.05) is 18.2 Å². The summed E-state index contributed by atoms with van der Waals surface area (Å²) >= 11 is 0. The van der Waals surface area contributed by atoms with Crippen molar-refractivity contribution in [1.29, 1.82) is 0 Å². The number of ether oxygens (including phenoxy) is 1. The first-order chi connectivity index (χ1) is 9.78. The van der Waals surface area contributed by atoms with Crippen LogP contribution in [0.4, 0.5) is 0 Å². The van der Waals surface area contributed by atoms with Gasteiger partial charge in [-0.15, -0.1) is 0 Å². The fraction of sp³-hybridized carbons (Fsp3) is 0.471. The Labute approximate surface area is 119 Å². The second-order valence-electron chi connectivity index (χ2n) is 5.63. The predicted octanol–water partition coefficient (Wildman–Crippen LogP) is 3.97. The SMILES string of the molecule is CCCOc1ccc2[nH]c(C3CCCC3)cc(=O)c2c1. The second kappa shape index (κ2) is 5.70. The summed E-state index contributed by atoms with van der Waals surface area (Å²) in [7, 11) is 0. The van der Waals surface area contributed by atoms with Crippen molar-refractivity contribution < 1.29 is 4.74 Å². The van der Waals surface area contributed by atoms with Crippen LogP contribution < -0.4 is 10.2 Å². The summed E-state index contributed by atoms with van der Waals surface area (Å²) in [5, 5.41) is 0.723. The number of nitrogens with one attached hydrogen (secondary N) is 1. The lowest BCUT2D eigenvalue weighted by molar-refractivity contribution is 0.318. The highest BCUT2D eigenvalue weighted by Crippen LogP contribution is 2.33. The minimum Gasteiger partial charge on any atom is -0.494 e. The van der Waals surface area contributed by atoms with Gasteiger partial charge in [-0.25, -0.2) is 0 Å². The summed E-state index contributed by atoms with van der Waals surface area (Å²) in [6.45, 7) is 2.76. The third-order valence-electron chi connectivity index (χ3n) is 4.09. The monoisotopic (exact) mass is 271 g/mol. The highest BCUT2D eigenvalue weighted by Gasteiger charge is 2.18. The molecule has 0 bridgehead atoms. The van der Waals surface area contributed by atoms with Crippen molar-refractivity contribution >= 4 is 10.9 Å². The van der Waals surface area contributed by atoms with E-state index in [1.54, 1.807) is 6.07 Å². The van der Waals surface area contributed by atoms with Crippen LogP contribution in [0, 0.1) is 0 Å². The molecule has 3 rings (SSSR count). The molecule has 2 aromatic rings. The Morgan fingerprint density at radius 3 is 2.80 bits per heavy atom. The highest BCUT2D eigenvalue weighted by molar-refractivity contribution is 5.80. The number of pyridine rings is 1. The van der Waals surface area contributed by atoms with Crippen molar-refractivity contribution in [2.45, 2.75) is 44.9 Å². The number of rotatable bonds is 4. The molecule has 0 unspecified atom stereocenters. The number of aromatic amines is 1. The molecule has 106 valence electrons. The zero-order chi connectivity index (χ0) is 13.9. The summed E-state index contributed by atoms with van der Waals surface area (Å²) in [6, 6.07) is 7.52. The lowest BCUT2D eigenvalue weighted by atomic mass is 10.0. The Kier molecular flexibility index (Phi) is 3.77. The topological polar surface area (TPSA) is 42.1 Å². The van der Waals surface area contributed by atoms with Crippen molar-refractivity contribution in [3.63, 3.8) is 0 Å². The molecule has 1 heterocycles. The van der Waals surface area contributed by atoms with Gasteiger partial charge in [-0.2, -0.15) is 0 Å². The molecule has 0 radical (unpaired) electrons. The highest BCUT2D eigenvalue weighted by atomic mass is 16.5. The van der Waals surface area contributed by atoms with Crippen molar-refractivity contribution in [3.8, 4) is 5.75 Å². The molecular weight excluding hydrogens is 250 g/mol. The number of H-pyrrole nitrogens is 1. The third kappa shape index (κ3) is 2.58. The summed E-state index contributed by atoms with van der Waals surface area (Å²) < 4.78 is 5.60. The Balaban J connectivity index is 1.98. The summed E-state index contributed by atoms with van der Waals surface area (Å²) in [5.41, 5.74) is 2.12. The number of fused-ring (bicyclic) bond motifs is 1. The van der Waals surface area contributed by atoms with E-state index in [4.69, 9.17) is 4.74 Å². The van der Waals surface area contributed by atoms with E-state index in [0.717, 1.165) is 28.8 Å². The smallest absolute Gasteiger partial charge is 0.189 e. The second-order valence-corrected chi connectivity index (χ2v) is 5.63. The lowest BCUT2D eigenvalue weighted by Crippen LogP contribution is -2.08. The molecule has 0 saturated heterocycles. The van der Waals surface area contributed by atoms with Gasteiger partial charge in [0, 0.05) is 22.7 Å². The Morgan fingerprint density at radius 2 is 2.05 bits per heavy atom. The van der Waals surface area contributed by atoms with E-state index in [1.165, 1.54) is 25.7 Å². The molecular formula is C17H21NO2. The average Bonchev–Trinajstić information content (AvgIpc) is 2.99. The van der Waals surface area contributed by atoms with Gasteiger partial charge >= 0.3 is 0 Å². The molecule has 0 atom stereocenters. The van der Waals surface area contributed by atoms with E-state index < -0.39 is 0 Å². The van der Waals surface area contributed by atoms with Gasteiger partial charge in [0.25, 0.3) is 0 Å². The van der Waals surface area contributed by atoms with Crippen LogP contribution in [0.15, 0.2) is 29.1 Å². The minimum atomic E-state index is 0.0996. The molecule has 0 aliphatic heterocycles. The van der Waals surface area contributed by atoms with Gasteiger partial charge in [0.05, 0.1) is 6.61 Å². The van der Waals surface area contributed by atoms with E-state index in [9.17, 15) is 4.79 Å². The normalized spacial score (nSPS) is 15.8. The van der Waals surface area contributed by atoms with Crippen LogP contribution in [0.5, 0.6) is 5.75 Å². The largest absolute Gasteiger partial charge is 0.494 e. The maximum absolute atomic E-state index is 12.3. The molecule has 1 aromatic heterocycles. The first kappa shape index (κ1) is 13.2. The predicted molar refractivity (Wildman–Crippen MR) is 81.6 cm³/mol. The Hall–Kier alpha value is -1.77. The molecule has 1 saturated carbocycles. The zero-order valence-electron chi connectivity index (χ0n) is 11.9. The molecule has 1 aromatic carbocycles. The van der Waals surface area contributed by atoms with Gasteiger partial charge in [-0.1, -0.05) is 19.8 Å². The van der Waals surface area contributed by atoms with E-state index in [2.05, 4.69) is 11.9 Å². The summed E-state index contributed by atoms with van der Waals surface area (Å²) in [5.74, 6) is 1.31. The van der Waals surface area contributed by atoms with Crippen molar-refractivity contribution in [2.75, 3.05) is 6.61 Å². The fourth-order valence-electron chi connectivity index (χ4n) is 3.01. The van der Waals surface area contributed by atoms with Crippen LogP contribution in [-0.2, 0) is 0 Å². The van der Waals surface area contributed by atoms with Gasteiger partial charge in [0.2, 0.25) is 0 Å². The number of hydrogen-bond donors (Lipinski definition) is 1. The molecule has 1 fully saturated rings. The quantitative estimate of drug-likeness (QED) is 0.914. The van der Waals surface area contributed by atoms with Crippen LogP contribution >= 0.6 is 0 Å². The van der Waals surface area contributed by atoms with Crippen LogP contribution in [0.25, 0.3) is 10.9 Å². The average molecular weight is 271 g/mol. The molecule has 0 spiro atoms. The lowest BCUT2D eigenvalue weighted by Gasteiger charge is -2.11. The van der Waals surface area contributed by atoms with E-state index in [-0.39, 0.29) is 5.43 Å². The number of aromatic nitrogens is 1.